The van der Waals surface area contributed by atoms with Gasteiger partial charge in [-0.2, -0.15) is 0 Å². The molecule has 0 atom stereocenters. The van der Waals surface area contributed by atoms with Crippen LogP contribution in [0.4, 0.5) is 5.82 Å². The Bertz CT molecular complexity index is 759. The number of aliphatic hydroxyl groups is 1. The molecule has 2 heterocycles. The molecule has 0 radical (unpaired) electrons. The van der Waals surface area contributed by atoms with Crippen molar-refractivity contribution in [1.29, 1.82) is 0 Å². The number of imidazole rings is 1. The minimum absolute atomic E-state index is 0.163. The highest BCUT2D eigenvalue weighted by Gasteiger charge is 2.11. The highest BCUT2D eigenvalue weighted by molar-refractivity contribution is 7.99. The lowest BCUT2D eigenvalue weighted by Gasteiger charge is -2.06. The van der Waals surface area contributed by atoms with Gasteiger partial charge in [0.15, 0.2) is 16.6 Å². The monoisotopic (exact) mass is 315 g/mol. The van der Waals surface area contributed by atoms with Crippen LogP contribution in [0.3, 0.4) is 0 Å². The van der Waals surface area contributed by atoms with Gasteiger partial charge in [-0.3, -0.25) is 0 Å². The van der Waals surface area contributed by atoms with Gasteiger partial charge in [0.05, 0.1) is 12.9 Å². The largest absolute Gasteiger partial charge is 0.396 e. The van der Waals surface area contributed by atoms with Crippen molar-refractivity contribution >= 4 is 28.7 Å². The summed E-state index contributed by atoms with van der Waals surface area (Å²) >= 11 is 1.49. The molecule has 0 aliphatic heterocycles. The van der Waals surface area contributed by atoms with E-state index >= 15 is 0 Å². The predicted molar refractivity (Wildman–Crippen MR) is 87.7 cm³/mol. The summed E-state index contributed by atoms with van der Waals surface area (Å²) in [5, 5.41) is 9.47. The third-order valence-corrected chi connectivity index (χ3v) is 4.13. The summed E-state index contributed by atoms with van der Waals surface area (Å²) < 4.78 is 1.97. The van der Waals surface area contributed by atoms with Crippen molar-refractivity contribution in [2.75, 3.05) is 18.1 Å². The smallest absolute Gasteiger partial charge is 0.191 e. The van der Waals surface area contributed by atoms with Crippen LogP contribution in [0.15, 0.2) is 41.8 Å². The van der Waals surface area contributed by atoms with Gasteiger partial charge in [-0.05, 0) is 12.0 Å². The van der Waals surface area contributed by atoms with Gasteiger partial charge < -0.3 is 15.4 Å². The van der Waals surface area contributed by atoms with Gasteiger partial charge in [-0.1, -0.05) is 42.1 Å². The molecule has 0 aliphatic carbocycles. The van der Waals surface area contributed by atoms with E-state index in [1.807, 2.05) is 22.8 Å². The van der Waals surface area contributed by atoms with E-state index in [2.05, 4.69) is 27.1 Å². The van der Waals surface area contributed by atoms with Crippen molar-refractivity contribution < 1.29 is 5.11 Å². The Morgan fingerprint density at radius 1 is 1.18 bits per heavy atom. The van der Waals surface area contributed by atoms with Crippen molar-refractivity contribution in [3.63, 3.8) is 0 Å². The van der Waals surface area contributed by atoms with Gasteiger partial charge in [-0.15, -0.1) is 0 Å². The number of hydrogen-bond acceptors (Lipinski definition) is 6. The van der Waals surface area contributed by atoms with Gasteiger partial charge >= 0.3 is 0 Å². The Labute approximate surface area is 132 Å². The zero-order chi connectivity index (χ0) is 15.4. The fraction of sp³-hybridized carbons (Fsp3) is 0.267. The summed E-state index contributed by atoms with van der Waals surface area (Å²) in [4.78, 5) is 13.1. The van der Waals surface area contributed by atoms with E-state index < -0.39 is 0 Å². The van der Waals surface area contributed by atoms with Crippen molar-refractivity contribution in [2.45, 2.75) is 18.1 Å². The van der Waals surface area contributed by atoms with Crippen LogP contribution in [0.5, 0.6) is 0 Å². The molecule has 7 heteroatoms. The molecule has 0 saturated carbocycles. The first kappa shape index (κ1) is 14.8. The maximum absolute atomic E-state index is 8.85. The molecule has 0 fully saturated rings. The third kappa shape index (κ3) is 3.20. The average molecular weight is 315 g/mol. The highest BCUT2D eigenvalue weighted by atomic mass is 32.2. The molecule has 3 aromatic rings. The number of nitrogen functional groups attached to an aromatic ring is 1. The maximum atomic E-state index is 8.85. The summed E-state index contributed by atoms with van der Waals surface area (Å²) in [6, 6.07) is 10.1. The fourth-order valence-corrected chi connectivity index (χ4v) is 2.90. The molecular weight excluding hydrogens is 298 g/mol. The number of fused-ring (bicyclic) bond motifs is 1. The van der Waals surface area contributed by atoms with Crippen LogP contribution in [-0.4, -0.2) is 37.0 Å². The second-order valence-corrected chi connectivity index (χ2v) is 5.91. The topological polar surface area (TPSA) is 89.8 Å². The van der Waals surface area contributed by atoms with E-state index in [0.717, 1.165) is 11.4 Å². The van der Waals surface area contributed by atoms with E-state index in [0.29, 0.717) is 29.5 Å². The van der Waals surface area contributed by atoms with Gasteiger partial charge in [-0.25, -0.2) is 15.0 Å². The second kappa shape index (κ2) is 6.76. The molecule has 1 aromatic carbocycles. The Morgan fingerprint density at radius 2 is 2.00 bits per heavy atom. The lowest BCUT2D eigenvalue weighted by molar-refractivity contribution is 0.296. The second-order valence-electron chi connectivity index (χ2n) is 4.85. The zero-order valence-corrected chi connectivity index (χ0v) is 12.8. The summed E-state index contributed by atoms with van der Waals surface area (Å²) in [7, 11) is 0. The number of benzene rings is 1. The highest BCUT2D eigenvalue weighted by Crippen LogP contribution is 2.22. The number of aromatic nitrogens is 4. The number of thioether (sulfide) groups is 1. The number of aliphatic hydroxyl groups excluding tert-OH is 1. The first-order valence-electron chi connectivity index (χ1n) is 7.04. The normalized spacial score (nSPS) is 11.1. The van der Waals surface area contributed by atoms with Crippen LogP contribution in [0, 0.1) is 0 Å². The Morgan fingerprint density at radius 3 is 2.77 bits per heavy atom. The van der Waals surface area contributed by atoms with Crippen LogP contribution >= 0.6 is 11.8 Å². The first-order chi connectivity index (χ1) is 10.8. The number of nitrogens with two attached hydrogens (primary N) is 1. The molecule has 114 valence electrons. The molecule has 3 N–H and O–H groups in total. The summed E-state index contributed by atoms with van der Waals surface area (Å²) in [5.74, 6) is 1.15. The minimum atomic E-state index is 0.163. The molecule has 0 bridgehead atoms. The number of anilines is 1. The first-order valence-corrected chi connectivity index (χ1v) is 8.02. The van der Waals surface area contributed by atoms with E-state index in [-0.39, 0.29) is 6.61 Å². The Hall–Kier alpha value is -2.12. The number of rotatable bonds is 6. The molecule has 22 heavy (non-hydrogen) atoms. The van der Waals surface area contributed by atoms with Crippen molar-refractivity contribution in [3.8, 4) is 0 Å². The summed E-state index contributed by atoms with van der Waals surface area (Å²) in [6.45, 7) is 0.852. The molecule has 2 aromatic heterocycles. The molecule has 0 spiro atoms. The van der Waals surface area contributed by atoms with Gasteiger partial charge in [0.1, 0.15) is 5.52 Å². The van der Waals surface area contributed by atoms with Gasteiger partial charge in [0, 0.05) is 12.4 Å². The molecule has 3 rings (SSSR count). The van der Waals surface area contributed by atoms with Crippen LogP contribution < -0.4 is 5.73 Å². The quantitative estimate of drug-likeness (QED) is 0.410. The maximum Gasteiger partial charge on any atom is 0.191 e. The van der Waals surface area contributed by atoms with Gasteiger partial charge in [0.25, 0.3) is 0 Å². The molecular formula is C15H17N5OS. The van der Waals surface area contributed by atoms with Crippen LogP contribution in [0.25, 0.3) is 11.2 Å². The summed E-state index contributed by atoms with van der Waals surface area (Å²) in [5.41, 5.74) is 8.52. The standard InChI is InChI=1S/C15H17N5OS/c16-13-12-14(19-15(18-13)22-8-4-7-21)20(10-17-12)9-11-5-2-1-3-6-11/h1-3,5-6,10,21H,4,7-9H2,(H2,16,18,19). The minimum Gasteiger partial charge on any atom is -0.396 e. The molecule has 0 aliphatic rings. The number of nitrogens with zero attached hydrogens (tertiary/aromatic N) is 4. The molecule has 0 unspecified atom stereocenters. The van der Waals surface area contributed by atoms with Crippen LogP contribution in [0.2, 0.25) is 0 Å². The zero-order valence-electron chi connectivity index (χ0n) is 12.0. The SMILES string of the molecule is Nc1nc(SCCCO)nc2c1ncn2Cc1ccccc1. The van der Waals surface area contributed by atoms with E-state index in [1.165, 1.54) is 17.3 Å². The van der Waals surface area contributed by atoms with E-state index in [4.69, 9.17) is 10.8 Å². The van der Waals surface area contributed by atoms with Gasteiger partial charge in [0.2, 0.25) is 0 Å². The van der Waals surface area contributed by atoms with Crippen molar-refractivity contribution in [3.05, 3.63) is 42.2 Å². The molecule has 6 nitrogen and oxygen atoms in total. The lowest BCUT2D eigenvalue weighted by Crippen LogP contribution is -2.02. The Balaban J connectivity index is 1.90. The molecule has 0 saturated heterocycles. The van der Waals surface area contributed by atoms with Crippen LogP contribution in [0.1, 0.15) is 12.0 Å². The average Bonchev–Trinajstić information content (AvgIpc) is 2.92. The Kier molecular flexibility index (Phi) is 4.55. The summed E-state index contributed by atoms with van der Waals surface area (Å²) in [6.07, 6.45) is 2.44. The van der Waals surface area contributed by atoms with Crippen molar-refractivity contribution in [2.24, 2.45) is 0 Å². The molecule has 0 amide bonds. The predicted octanol–water partition coefficient (Wildman–Crippen LogP) is 1.93. The number of hydrogen-bond donors (Lipinski definition) is 2. The third-order valence-electron chi connectivity index (χ3n) is 3.20. The lowest BCUT2D eigenvalue weighted by atomic mass is 10.2. The fourth-order valence-electron chi connectivity index (χ4n) is 2.13. The van der Waals surface area contributed by atoms with E-state index in [9.17, 15) is 0 Å². The van der Waals surface area contributed by atoms with Crippen molar-refractivity contribution in [1.82, 2.24) is 19.5 Å². The van der Waals surface area contributed by atoms with E-state index in [1.54, 1.807) is 6.33 Å². The van der Waals surface area contributed by atoms with Crippen LogP contribution in [-0.2, 0) is 6.54 Å².